The summed E-state index contributed by atoms with van der Waals surface area (Å²) in [4.78, 5) is 13.7. The molecule has 0 aromatic heterocycles. The maximum Gasteiger partial charge on any atom is 0.410 e. The third-order valence-corrected chi connectivity index (χ3v) is 3.46. The molecule has 0 heterocycles. The van der Waals surface area contributed by atoms with Crippen LogP contribution in [0.4, 0.5) is 13.6 Å². The molecule has 1 aliphatic carbocycles. The van der Waals surface area contributed by atoms with Crippen LogP contribution in [-0.4, -0.2) is 41.6 Å². The Bertz CT molecular complexity index is 357. The number of ether oxygens (including phenoxy) is 1. The van der Waals surface area contributed by atoms with Crippen LogP contribution in [0, 0.1) is 5.41 Å². The minimum atomic E-state index is -2.66. The van der Waals surface area contributed by atoms with Crippen LogP contribution in [0.3, 0.4) is 0 Å². The maximum atomic E-state index is 13.2. The lowest BCUT2D eigenvalue weighted by atomic mass is 9.65. The first-order valence-electron chi connectivity index (χ1n) is 6.97. The van der Waals surface area contributed by atoms with Gasteiger partial charge in [0.25, 0.3) is 0 Å². The highest BCUT2D eigenvalue weighted by Crippen LogP contribution is 2.51. The quantitative estimate of drug-likeness (QED) is 0.866. The number of alkyl halides is 2. The molecule has 0 radical (unpaired) electrons. The van der Waals surface area contributed by atoms with E-state index in [2.05, 4.69) is 0 Å². The average molecular weight is 292 g/mol. The number of amides is 1. The molecule has 1 rings (SSSR count). The number of hydrogen-bond donors (Lipinski definition) is 1. The van der Waals surface area contributed by atoms with Crippen LogP contribution in [0.15, 0.2) is 0 Å². The number of hydrogen-bond acceptors (Lipinski definition) is 3. The van der Waals surface area contributed by atoms with Crippen molar-refractivity contribution in [2.75, 3.05) is 13.1 Å². The molecule has 0 spiro atoms. The van der Waals surface area contributed by atoms with E-state index in [1.165, 1.54) is 4.90 Å². The first-order chi connectivity index (χ1) is 8.90. The van der Waals surface area contributed by atoms with Crippen LogP contribution in [0.2, 0.25) is 0 Å². The Morgan fingerprint density at radius 3 is 2.15 bits per heavy atom. The van der Waals surface area contributed by atoms with Crippen molar-refractivity contribution in [3.8, 4) is 0 Å². The van der Waals surface area contributed by atoms with Crippen molar-refractivity contribution in [1.29, 1.82) is 0 Å². The molecule has 0 saturated heterocycles. The molecular formula is C14H26F2N2O2. The van der Waals surface area contributed by atoms with Gasteiger partial charge in [-0.1, -0.05) is 0 Å². The van der Waals surface area contributed by atoms with E-state index in [0.717, 1.165) is 0 Å². The summed E-state index contributed by atoms with van der Waals surface area (Å²) in [6, 6.07) is -0.123. The van der Waals surface area contributed by atoms with Gasteiger partial charge < -0.3 is 15.4 Å². The van der Waals surface area contributed by atoms with Gasteiger partial charge in [0, 0.05) is 37.4 Å². The molecule has 1 fully saturated rings. The highest BCUT2D eigenvalue weighted by molar-refractivity contribution is 5.68. The summed E-state index contributed by atoms with van der Waals surface area (Å²) in [6.45, 7) is 9.37. The van der Waals surface area contributed by atoms with E-state index < -0.39 is 23.0 Å². The SMILES string of the molecule is CC(C)N(CC1(CN)CC(F)(F)C1)C(=O)OC(C)(C)C. The molecule has 0 aromatic carbocycles. The molecule has 0 atom stereocenters. The van der Waals surface area contributed by atoms with Gasteiger partial charge in [-0.3, -0.25) is 0 Å². The molecule has 20 heavy (non-hydrogen) atoms. The van der Waals surface area contributed by atoms with Gasteiger partial charge in [0.1, 0.15) is 5.60 Å². The minimum absolute atomic E-state index is 0.123. The summed E-state index contributed by atoms with van der Waals surface area (Å²) < 4.78 is 31.6. The number of carbonyl (C=O) groups excluding carboxylic acids is 1. The first kappa shape index (κ1) is 17.1. The number of carbonyl (C=O) groups is 1. The lowest BCUT2D eigenvalue weighted by molar-refractivity contribution is -0.165. The van der Waals surface area contributed by atoms with Crippen LogP contribution in [-0.2, 0) is 4.74 Å². The van der Waals surface area contributed by atoms with E-state index >= 15 is 0 Å². The van der Waals surface area contributed by atoms with Crippen molar-refractivity contribution >= 4 is 6.09 Å². The largest absolute Gasteiger partial charge is 0.444 e. The first-order valence-corrected chi connectivity index (χ1v) is 6.97. The molecular weight excluding hydrogens is 266 g/mol. The lowest BCUT2D eigenvalue weighted by Crippen LogP contribution is -2.58. The zero-order valence-electron chi connectivity index (χ0n) is 13.0. The van der Waals surface area contributed by atoms with Gasteiger partial charge >= 0.3 is 6.09 Å². The zero-order chi connectivity index (χ0) is 15.8. The fourth-order valence-corrected chi connectivity index (χ4v) is 2.51. The van der Waals surface area contributed by atoms with E-state index in [-0.39, 0.29) is 32.0 Å². The van der Waals surface area contributed by atoms with E-state index in [4.69, 9.17) is 10.5 Å². The number of rotatable bonds is 4. The second kappa shape index (κ2) is 5.47. The van der Waals surface area contributed by atoms with Crippen molar-refractivity contribution in [2.45, 2.75) is 65.0 Å². The standard InChI is InChI=1S/C14H26F2N2O2/c1-10(2)18(11(19)20-12(3,4)5)9-13(8-17)6-14(15,16)7-13/h10H,6-9,17H2,1-5H3. The molecule has 1 aliphatic rings. The average Bonchev–Trinajstić information content (AvgIpc) is 2.19. The predicted molar refractivity (Wildman–Crippen MR) is 73.7 cm³/mol. The van der Waals surface area contributed by atoms with Crippen LogP contribution in [0.5, 0.6) is 0 Å². The Morgan fingerprint density at radius 1 is 1.35 bits per heavy atom. The van der Waals surface area contributed by atoms with Crippen LogP contribution in [0.1, 0.15) is 47.5 Å². The number of nitrogens with two attached hydrogens (primary N) is 1. The molecule has 4 nitrogen and oxygen atoms in total. The van der Waals surface area contributed by atoms with Crippen molar-refractivity contribution < 1.29 is 18.3 Å². The zero-order valence-corrected chi connectivity index (χ0v) is 13.0. The van der Waals surface area contributed by atoms with Gasteiger partial charge in [0.15, 0.2) is 0 Å². The summed E-state index contributed by atoms with van der Waals surface area (Å²) >= 11 is 0. The van der Waals surface area contributed by atoms with E-state index in [1.54, 1.807) is 20.8 Å². The molecule has 6 heteroatoms. The Hall–Kier alpha value is -0.910. The van der Waals surface area contributed by atoms with E-state index in [9.17, 15) is 13.6 Å². The van der Waals surface area contributed by atoms with Crippen molar-refractivity contribution in [1.82, 2.24) is 4.90 Å². The molecule has 118 valence electrons. The summed E-state index contributed by atoms with van der Waals surface area (Å²) in [5.41, 5.74) is 4.36. The van der Waals surface area contributed by atoms with Gasteiger partial charge in [-0.15, -0.1) is 0 Å². The fraction of sp³-hybridized carbons (Fsp3) is 0.929. The van der Waals surface area contributed by atoms with Crippen molar-refractivity contribution in [3.63, 3.8) is 0 Å². The van der Waals surface area contributed by atoms with Crippen LogP contribution < -0.4 is 5.73 Å². The van der Waals surface area contributed by atoms with Gasteiger partial charge in [0.2, 0.25) is 5.92 Å². The van der Waals surface area contributed by atoms with Crippen LogP contribution in [0.25, 0.3) is 0 Å². The molecule has 0 unspecified atom stereocenters. The van der Waals surface area contributed by atoms with Crippen molar-refractivity contribution in [2.24, 2.45) is 11.1 Å². The van der Waals surface area contributed by atoms with E-state index in [1.807, 2.05) is 13.8 Å². The normalized spacial score (nSPS) is 20.4. The molecule has 0 aromatic rings. The summed E-state index contributed by atoms with van der Waals surface area (Å²) in [7, 11) is 0. The summed E-state index contributed by atoms with van der Waals surface area (Å²) in [5.74, 6) is -2.66. The van der Waals surface area contributed by atoms with Gasteiger partial charge in [-0.25, -0.2) is 13.6 Å². The minimum Gasteiger partial charge on any atom is -0.444 e. The second-order valence-electron chi connectivity index (χ2n) is 7.12. The highest BCUT2D eigenvalue weighted by atomic mass is 19.3. The molecule has 0 bridgehead atoms. The predicted octanol–water partition coefficient (Wildman–Crippen LogP) is 3.01. The van der Waals surface area contributed by atoms with E-state index in [0.29, 0.717) is 0 Å². The number of nitrogens with zero attached hydrogens (tertiary/aromatic N) is 1. The van der Waals surface area contributed by atoms with Gasteiger partial charge in [0.05, 0.1) is 0 Å². The Balaban J connectivity index is 2.75. The Kier molecular flexibility index (Phi) is 4.69. The third kappa shape index (κ3) is 4.30. The maximum absolute atomic E-state index is 13.2. The lowest BCUT2D eigenvalue weighted by Gasteiger charge is -2.49. The Morgan fingerprint density at radius 2 is 1.85 bits per heavy atom. The monoisotopic (exact) mass is 292 g/mol. The van der Waals surface area contributed by atoms with Gasteiger partial charge in [-0.05, 0) is 34.6 Å². The van der Waals surface area contributed by atoms with Gasteiger partial charge in [-0.2, -0.15) is 0 Å². The Labute approximate surface area is 119 Å². The molecule has 1 saturated carbocycles. The topological polar surface area (TPSA) is 55.6 Å². The molecule has 1 amide bonds. The summed E-state index contributed by atoms with van der Waals surface area (Å²) in [5, 5.41) is 0. The smallest absolute Gasteiger partial charge is 0.410 e. The molecule has 2 N–H and O–H groups in total. The summed E-state index contributed by atoms with van der Waals surface area (Å²) in [6.07, 6.45) is -0.999. The fourth-order valence-electron chi connectivity index (χ4n) is 2.51. The highest BCUT2D eigenvalue weighted by Gasteiger charge is 2.56. The van der Waals surface area contributed by atoms with Crippen molar-refractivity contribution in [3.05, 3.63) is 0 Å². The number of halogens is 2. The molecule has 0 aliphatic heterocycles. The third-order valence-electron chi connectivity index (χ3n) is 3.46. The second-order valence-corrected chi connectivity index (χ2v) is 7.12. The van der Waals surface area contributed by atoms with Crippen LogP contribution >= 0.6 is 0 Å².